The minimum absolute atomic E-state index is 0.0713. The largest absolute Gasteiger partial charge is 0.379 e. The maximum Gasteiger partial charge on any atom is 0.275 e. The molecule has 1 aliphatic rings. The Labute approximate surface area is 192 Å². The Morgan fingerprint density at radius 1 is 1.00 bits per heavy atom. The van der Waals surface area contributed by atoms with E-state index < -0.39 is 0 Å². The lowest BCUT2D eigenvalue weighted by Gasteiger charge is -2.26. The molecule has 170 valence electrons. The Morgan fingerprint density at radius 2 is 1.79 bits per heavy atom. The van der Waals surface area contributed by atoms with Gasteiger partial charge >= 0.3 is 0 Å². The highest BCUT2D eigenvalue weighted by atomic mass is 16.5. The van der Waals surface area contributed by atoms with Gasteiger partial charge in [0.25, 0.3) is 11.5 Å². The molecule has 0 saturated carbocycles. The average Bonchev–Trinajstić information content (AvgIpc) is 3.34. The first-order valence-corrected chi connectivity index (χ1v) is 11.4. The van der Waals surface area contributed by atoms with Gasteiger partial charge in [-0.1, -0.05) is 29.8 Å². The standard InChI is InChI=1S/C26H28N4O3/c1-19-4-6-20(7-5-19)18-30-24-17-21(25(31)27-10-12-28-13-15-33-16-14-28)8-9-22(24)29-11-2-3-23(29)26(30)32/h2-9,11,17H,10,12-16,18H2,1H3,(H,27,31). The predicted octanol–water partition coefficient (Wildman–Crippen LogP) is 2.67. The molecule has 7 heteroatoms. The molecule has 5 rings (SSSR count). The molecule has 1 saturated heterocycles. The highest BCUT2D eigenvalue weighted by Gasteiger charge is 2.15. The number of aryl methyl sites for hydroxylation is 1. The van der Waals surface area contributed by atoms with E-state index in [4.69, 9.17) is 4.74 Å². The van der Waals surface area contributed by atoms with Crippen molar-refractivity contribution in [2.24, 2.45) is 0 Å². The van der Waals surface area contributed by atoms with Crippen molar-refractivity contribution in [2.45, 2.75) is 13.5 Å². The van der Waals surface area contributed by atoms with E-state index in [9.17, 15) is 9.59 Å². The summed E-state index contributed by atoms with van der Waals surface area (Å²) in [6, 6.07) is 17.5. The van der Waals surface area contributed by atoms with E-state index in [1.807, 2.05) is 72.1 Å². The molecule has 0 aliphatic carbocycles. The fourth-order valence-corrected chi connectivity index (χ4v) is 4.38. The summed E-state index contributed by atoms with van der Waals surface area (Å²) in [5, 5.41) is 3.02. The highest BCUT2D eigenvalue weighted by Crippen LogP contribution is 2.19. The zero-order chi connectivity index (χ0) is 22.8. The summed E-state index contributed by atoms with van der Waals surface area (Å²) in [5.41, 5.74) is 4.95. The van der Waals surface area contributed by atoms with E-state index in [-0.39, 0.29) is 11.5 Å². The van der Waals surface area contributed by atoms with Crippen molar-refractivity contribution in [3.8, 4) is 0 Å². The first kappa shape index (κ1) is 21.4. The molecule has 0 unspecified atom stereocenters. The van der Waals surface area contributed by atoms with Crippen molar-refractivity contribution in [2.75, 3.05) is 39.4 Å². The van der Waals surface area contributed by atoms with Gasteiger partial charge in [0, 0.05) is 37.9 Å². The van der Waals surface area contributed by atoms with Crippen LogP contribution in [0.4, 0.5) is 0 Å². The molecule has 0 atom stereocenters. The molecule has 1 amide bonds. The first-order chi connectivity index (χ1) is 16.1. The van der Waals surface area contributed by atoms with Crippen LogP contribution in [0.2, 0.25) is 0 Å². The second-order valence-corrected chi connectivity index (χ2v) is 8.55. The lowest BCUT2D eigenvalue weighted by molar-refractivity contribution is 0.0383. The summed E-state index contributed by atoms with van der Waals surface area (Å²) < 4.78 is 9.03. The number of aromatic nitrogens is 2. The number of carbonyl (C=O) groups excluding carboxylic acids is 1. The smallest absolute Gasteiger partial charge is 0.275 e. The molecular formula is C26H28N4O3. The number of fused-ring (bicyclic) bond motifs is 3. The number of hydrogen-bond acceptors (Lipinski definition) is 4. The Morgan fingerprint density at radius 3 is 2.58 bits per heavy atom. The molecule has 1 fully saturated rings. The second-order valence-electron chi connectivity index (χ2n) is 8.55. The van der Waals surface area contributed by atoms with Crippen LogP contribution in [0.1, 0.15) is 21.5 Å². The van der Waals surface area contributed by atoms with E-state index in [2.05, 4.69) is 10.2 Å². The third-order valence-corrected chi connectivity index (χ3v) is 6.28. The monoisotopic (exact) mass is 444 g/mol. The quantitative estimate of drug-likeness (QED) is 0.497. The van der Waals surface area contributed by atoms with Crippen molar-refractivity contribution in [1.29, 1.82) is 0 Å². The number of morpholine rings is 1. The highest BCUT2D eigenvalue weighted by molar-refractivity contribution is 5.97. The van der Waals surface area contributed by atoms with E-state index in [1.165, 1.54) is 5.56 Å². The van der Waals surface area contributed by atoms with Crippen LogP contribution in [-0.4, -0.2) is 59.2 Å². The molecule has 3 heterocycles. The van der Waals surface area contributed by atoms with Gasteiger partial charge in [0.2, 0.25) is 0 Å². The zero-order valence-corrected chi connectivity index (χ0v) is 18.8. The van der Waals surface area contributed by atoms with Gasteiger partial charge in [-0.3, -0.25) is 14.5 Å². The Kier molecular flexibility index (Phi) is 5.98. The van der Waals surface area contributed by atoms with Gasteiger partial charge in [0.15, 0.2) is 0 Å². The molecule has 1 aliphatic heterocycles. The Balaban J connectivity index is 1.46. The van der Waals surface area contributed by atoms with Crippen molar-refractivity contribution >= 4 is 22.5 Å². The molecule has 7 nitrogen and oxygen atoms in total. The molecule has 33 heavy (non-hydrogen) atoms. The van der Waals surface area contributed by atoms with Gasteiger partial charge in [0.1, 0.15) is 5.52 Å². The summed E-state index contributed by atoms with van der Waals surface area (Å²) in [4.78, 5) is 28.5. The molecule has 2 aromatic carbocycles. The summed E-state index contributed by atoms with van der Waals surface area (Å²) in [7, 11) is 0. The van der Waals surface area contributed by atoms with Crippen LogP contribution in [0.5, 0.6) is 0 Å². The van der Waals surface area contributed by atoms with Crippen LogP contribution in [-0.2, 0) is 11.3 Å². The maximum atomic E-state index is 13.3. The van der Waals surface area contributed by atoms with Crippen molar-refractivity contribution in [3.63, 3.8) is 0 Å². The number of nitrogens with zero attached hydrogens (tertiary/aromatic N) is 3. The van der Waals surface area contributed by atoms with Gasteiger partial charge in [-0.05, 0) is 42.8 Å². The van der Waals surface area contributed by atoms with Crippen LogP contribution in [0, 0.1) is 6.92 Å². The number of ether oxygens (including phenoxy) is 1. The topological polar surface area (TPSA) is 68.0 Å². The van der Waals surface area contributed by atoms with Crippen LogP contribution < -0.4 is 10.9 Å². The lowest BCUT2D eigenvalue weighted by Crippen LogP contribution is -2.41. The zero-order valence-electron chi connectivity index (χ0n) is 18.8. The van der Waals surface area contributed by atoms with Crippen LogP contribution >= 0.6 is 0 Å². The number of carbonyl (C=O) groups is 1. The SMILES string of the molecule is Cc1ccc(Cn2c(=O)c3cccn3c3ccc(C(=O)NCCN4CCOCC4)cc32)cc1. The fraction of sp³-hybridized carbons (Fsp3) is 0.308. The van der Waals surface area contributed by atoms with E-state index in [0.717, 1.165) is 49.4 Å². The average molecular weight is 445 g/mol. The molecule has 1 N–H and O–H groups in total. The van der Waals surface area contributed by atoms with Gasteiger partial charge in [-0.15, -0.1) is 0 Å². The van der Waals surface area contributed by atoms with Crippen LogP contribution in [0.3, 0.4) is 0 Å². The minimum Gasteiger partial charge on any atom is -0.379 e. The fourth-order valence-electron chi connectivity index (χ4n) is 4.38. The van der Waals surface area contributed by atoms with Crippen LogP contribution in [0.25, 0.3) is 16.6 Å². The Hall–Kier alpha value is -3.42. The Bertz CT molecular complexity index is 1350. The predicted molar refractivity (Wildman–Crippen MR) is 129 cm³/mol. The second kappa shape index (κ2) is 9.21. The number of amides is 1. The molecule has 0 bridgehead atoms. The molecule has 0 spiro atoms. The first-order valence-electron chi connectivity index (χ1n) is 11.4. The number of hydrogen-bond donors (Lipinski definition) is 1. The van der Waals surface area contributed by atoms with Crippen molar-refractivity contribution in [3.05, 3.63) is 87.8 Å². The van der Waals surface area contributed by atoms with Gasteiger partial charge < -0.3 is 19.0 Å². The number of benzene rings is 2. The third kappa shape index (κ3) is 4.42. The normalized spacial score (nSPS) is 14.7. The summed E-state index contributed by atoms with van der Waals surface area (Å²) in [5.74, 6) is -0.132. The minimum atomic E-state index is -0.132. The van der Waals surface area contributed by atoms with Crippen molar-refractivity contribution < 1.29 is 9.53 Å². The molecule has 0 radical (unpaired) electrons. The van der Waals surface area contributed by atoms with Gasteiger partial charge in [-0.25, -0.2) is 0 Å². The molecular weight excluding hydrogens is 416 g/mol. The van der Waals surface area contributed by atoms with Crippen LogP contribution in [0.15, 0.2) is 65.6 Å². The number of nitrogens with one attached hydrogen (secondary N) is 1. The summed E-state index contributed by atoms with van der Waals surface area (Å²) in [6.07, 6.45) is 1.89. The van der Waals surface area contributed by atoms with E-state index >= 15 is 0 Å². The summed E-state index contributed by atoms with van der Waals surface area (Å²) >= 11 is 0. The third-order valence-electron chi connectivity index (χ3n) is 6.28. The molecule has 2 aromatic heterocycles. The van der Waals surface area contributed by atoms with E-state index in [0.29, 0.717) is 24.2 Å². The van der Waals surface area contributed by atoms with Crippen molar-refractivity contribution in [1.82, 2.24) is 19.2 Å². The summed E-state index contributed by atoms with van der Waals surface area (Å²) in [6.45, 7) is 7.12. The van der Waals surface area contributed by atoms with Gasteiger partial charge in [-0.2, -0.15) is 0 Å². The molecule has 4 aromatic rings. The lowest BCUT2D eigenvalue weighted by atomic mass is 10.1. The maximum absolute atomic E-state index is 13.3. The van der Waals surface area contributed by atoms with E-state index in [1.54, 1.807) is 4.57 Å². The van der Waals surface area contributed by atoms with Gasteiger partial charge in [0.05, 0.1) is 30.8 Å². The number of rotatable bonds is 6.